The lowest BCUT2D eigenvalue weighted by Crippen LogP contribution is -2.32. The summed E-state index contributed by atoms with van der Waals surface area (Å²) in [5.41, 5.74) is 8.07. The molecule has 154 valence electrons. The van der Waals surface area contributed by atoms with Gasteiger partial charge in [-0.15, -0.1) is 0 Å². The molecule has 0 amide bonds. The molecule has 0 aromatic heterocycles. The van der Waals surface area contributed by atoms with Gasteiger partial charge in [0, 0.05) is 25.0 Å². The minimum Gasteiger partial charge on any atom is -0.326 e. The van der Waals surface area contributed by atoms with Gasteiger partial charge in [-0.05, 0) is 42.0 Å². The fourth-order valence-electron chi connectivity index (χ4n) is 3.23. The van der Waals surface area contributed by atoms with Gasteiger partial charge >= 0.3 is 0 Å². The van der Waals surface area contributed by atoms with Crippen LogP contribution in [0.1, 0.15) is 17.5 Å². The highest BCUT2D eigenvalue weighted by atomic mass is 35.5. The molecule has 3 aromatic carbocycles. The SMILES string of the molecule is NCc1cccc(CCCNCCNS(=O)(=O)c2ccc3ccccc3c2Cl)c1. The lowest BCUT2D eigenvalue weighted by atomic mass is 10.1. The van der Waals surface area contributed by atoms with Gasteiger partial charge in [-0.3, -0.25) is 0 Å². The van der Waals surface area contributed by atoms with E-state index in [4.69, 9.17) is 17.3 Å². The lowest BCUT2D eigenvalue weighted by Gasteiger charge is -2.11. The Morgan fingerprint density at radius 3 is 2.52 bits per heavy atom. The van der Waals surface area contributed by atoms with E-state index >= 15 is 0 Å². The predicted molar refractivity (Wildman–Crippen MR) is 120 cm³/mol. The second-order valence-corrected chi connectivity index (χ2v) is 8.99. The van der Waals surface area contributed by atoms with Gasteiger partial charge in [0.25, 0.3) is 0 Å². The molecule has 3 rings (SSSR count). The van der Waals surface area contributed by atoms with Crippen LogP contribution >= 0.6 is 11.6 Å². The molecule has 0 fully saturated rings. The van der Waals surface area contributed by atoms with Gasteiger partial charge in [0.15, 0.2) is 0 Å². The van der Waals surface area contributed by atoms with Gasteiger partial charge in [0.1, 0.15) is 4.90 Å². The van der Waals surface area contributed by atoms with E-state index in [0.29, 0.717) is 19.6 Å². The summed E-state index contributed by atoms with van der Waals surface area (Å²) in [5, 5.41) is 5.16. The average Bonchev–Trinajstić information content (AvgIpc) is 2.73. The fourth-order valence-corrected chi connectivity index (χ4v) is 4.89. The molecule has 5 nitrogen and oxygen atoms in total. The van der Waals surface area contributed by atoms with Crippen LogP contribution < -0.4 is 15.8 Å². The average molecular weight is 432 g/mol. The zero-order valence-corrected chi connectivity index (χ0v) is 17.8. The number of hydrogen-bond acceptors (Lipinski definition) is 4. The summed E-state index contributed by atoms with van der Waals surface area (Å²) in [6, 6.07) is 19.1. The first-order valence-electron chi connectivity index (χ1n) is 9.67. The maximum absolute atomic E-state index is 12.6. The molecule has 0 aliphatic carbocycles. The van der Waals surface area contributed by atoms with E-state index in [1.807, 2.05) is 36.4 Å². The molecular formula is C22H26ClN3O2S. The molecule has 0 radical (unpaired) electrons. The largest absolute Gasteiger partial charge is 0.326 e. The molecular weight excluding hydrogens is 406 g/mol. The van der Waals surface area contributed by atoms with Crippen molar-refractivity contribution in [2.75, 3.05) is 19.6 Å². The second-order valence-electron chi connectivity index (χ2n) is 6.87. The molecule has 0 saturated heterocycles. The van der Waals surface area contributed by atoms with Crippen molar-refractivity contribution in [2.24, 2.45) is 5.73 Å². The number of fused-ring (bicyclic) bond motifs is 1. The minimum absolute atomic E-state index is 0.109. The summed E-state index contributed by atoms with van der Waals surface area (Å²) < 4.78 is 27.8. The Labute approximate surface area is 177 Å². The highest BCUT2D eigenvalue weighted by molar-refractivity contribution is 7.89. The Morgan fingerprint density at radius 2 is 1.69 bits per heavy atom. The standard InChI is InChI=1S/C22H26ClN3O2S/c23-22-20-9-2-1-8-19(20)10-11-21(22)29(27,28)26-14-13-25-12-4-7-17-5-3-6-18(15-17)16-24/h1-3,5-6,8-11,15,25-26H,4,7,12-14,16,24H2. The van der Waals surface area contributed by atoms with Crippen LogP contribution in [-0.2, 0) is 23.0 Å². The summed E-state index contributed by atoms with van der Waals surface area (Å²) in [7, 11) is -3.66. The van der Waals surface area contributed by atoms with Crippen molar-refractivity contribution < 1.29 is 8.42 Å². The number of benzene rings is 3. The zero-order chi connectivity index (χ0) is 20.7. The zero-order valence-electron chi connectivity index (χ0n) is 16.2. The number of nitrogens with one attached hydrogen (secondary N) is 2. The molecule has 29 heavy (non-hydrogen) atoms. The Morgan fingerprint density at radius 1 is 0.897 bits per heavy atom. The first kappa shape index (κ1) is 21.7. The van der Waals surface area contributed by atoms with Crippen molar-refractivity contribution in [1.82, 2.24) is 10.0 Å². The predicted octanol–water partition coefficient (Wildman–Crippen LogP) is 3.45. The monoisotopic (exact) mass is 431 g/mol. The second kappa shape index (κ2) is 10.2. The summed E-state index contributed by atoms with van der Waals surface area (Å²) in [6.07, 6.45) is 1.93. The van der Waals surface area contributed by atoms with Crippen LogP contribution in [0.2, 0.25) is 5.02 Å². The van der Waals surface area contributed by atoms with E-state index in [1.165, 1.54) is 5.56 Å². The molecule has 0 unspecified atom stereocenters. The molecule has 0 heterocycles. The first-order chi connectivity index (χ1) is 14.0. The number of sulfonamides is 1. The third-order valence-electron chi connectivity index (χ3n) is 4.76. The van der Waals surface area contributed by atoms with E-state index in [-0.39, 0.29) is 9.92 Å². The van der Waals surface area contributed by atoms with Gasteiger partial charge < -0.3 is 11.1 Å². The lowest BCUT2D eigenvalue weighted by molar-refractivity contribution is 0.574. The van der Waals surface area contributed by atoms with E-state index < -0.39 is 10.0 Å². The number of nitrogens with two attached hydrogens (primary N) is 1. The molecule has 0 spiro atoms. The molecule has 0 bridgehead atoms. The Hall–Kier alpha value is -1.96. The Balaban J connectivity index is 1.45. The highest BCUT2D eigenvalue weighted by Gasteiger charge is 2.18. The van der Waals surface area contributed by atoms with E-state index in [0.717, 1.165) is 35.7 Å². The smallest absolute Gasteiger partial charge is 0.242 e. The van der Waals surface area contributed by atoms with Crippen molar-refractivity contribution in [3.8, 4) is 0 Å². The fraction of sp³-hybridized carbons (Fsp3) is 0.273. The van der Waals surface area contributed by atoms with Crippen LogP contribution in [0.25, 0.3) is 10.8 Å². The quantitative estimate of drug-likeness (QED) is 0.429. The minimum atomic E-state index is -3.66. The normalized spacial score (nSPS) is 11.8. The summed E-state index contributed by atoms with van der Waals surface area (Å²) in [4.78, 5) is 0.109. The molecule has 0 saturated carbocycles. The van der Waals surface area contributed by atoms with Crippen molar-refractivity contribution in [1.29, 1.82) is 0 Å². The number of halogens is 1. The van der Waals surface area contributed by atoms with Crippen LogP contribution in [0, 0.1) is 0 Å². The summed E-state index contributed by atoms with van der Waals surface area (Å²) >= 11 is 6.34. The van der Waals surface area contributed by atoms with E-state index in [1.54, 1.807) is 12.1 Å². The molecule has 0 aliphatic rings. The van der Waals surface area contributed by atoms with Crippen LogP contribution in [0.5, 0.6) is 0 Å². The molecule has 4 N–H and O–H groups in total. The van der Waals surface area contributed by atoms with Gasteiger partial charge in [-0.25, -0.2) is 13.1 Å². The maximum Gasteiger partial charge on any atom is 0.242 e. The molecule has 0 aliphatic heterocycles. The van der Waals surface area contributed by atoms with Crippen LogP contribution in [0.3, 0.4) is 0 Å². The van der Waals surface area contributed by atoms with E-state index in [9.17, 15) is 8.42 Å². The third-order valence-corrected chi connectivity index (χ3v) is 6.78. The maximum atomic E-state index is 12.6. The van der Waals surface area contributed by atoms with E-state index in [2.05, 4.69) is 22.2 Å². The van der Waals surface area contributed by atoms with Crippen LogP contribution in [0.15, 0.2) is 65.6 Å². The number of aryl methyl sites for hydroxylation is 1. The highest BCUT2D eigenvalue weighted by Crippen LogP contribution is 2.29. The first-order valence-corrected chi connectivity index (χ1v) is 11.5. The van der Waals surface area contributed by atoms with Crippen molar-refractivity contribution in [3.05, 3.63) is 76.8 Å². The van der Waals surface area contributed by atoms with Gasteiger partial charge in [-0.1, -0.05) is 66.2 Å². The van der Waals surface area contributed by atoms with Crippen molar-refractivity contribution in [3.63, 3.8) is 0 Å². The summed E-state index contributed by atoms with van der Waals surface area (Å²) in [5.74, 6) is 0. The van der Waals surface area contributed by atoms with Gasteiger partial charge in [0.05, 0.1) is 5.02 Å². The molecule has 0 atom stereocenters. The van der Waals surface area contributed by atoms with Gasteiger partial charge in [-0.2, -0.15) is 0 Å². The van der Waals surface area contributed by atoms with Gasteiger partial charge in [0.2, 0.25) is 10.0 Å². The van der Waals surface area contributed by atoms with Crippen LogP contribution in [0.4, 0.5) is 0 Å². The third kappa shape index (κ3) is 5.78. The summed E-state index contributed by atoms with van der Waals surface area (Å²) in [6.45, 7) is 2.21. The topological polar surface area (TPSA) is 84.2 Å². The Kier molecular flexibility index (Phi) is 7.64. The van der Waals surface area contributed by atoms with Crippen LogP contribution in [-0.4, -0.2) is 28.1 Å². The Bertz CT molecular complexity index is 1070. The number of rotatable bonds is 10. The number of hydrogen-bond donors (Lipinski definition) is 3. The van der Waals surface area contributed by atoms with Crippen molar-refractivity contribution >= 4 is 32.4 Å². The van der Waals surface area contributed by atoms with Crippen molar-refractivity contribution in [2.45, 2.75) is 24.3 Å². The molecule has 3 aromatic rings. The molecule has 7 heteroatoms.